The van der Waals surface area contributed by atoms with Gasteiger partial charge in [-0.1, -0.05) is 0 Å². The van der Waals surface area contributed by atoms with Crippen molar-refractivity contribution < 1.29 is 9.84 Å². The SMILES string of the molecule is OC[C@H]1C[C@@]2(CCCNC2)CO1. The van der Waals surface area contributed by atoms with Crippen LogP contribution >= 0.6 is 0 Å². The van der Waals surface area contributed by atoms with Crippen LogP contribution < -0.4 is 5.32 Å². The van der Waals surface area contributed by atoms with E-state index in [1.165, 1.54) is 12.8 Å². The Hall–Kier alpha value is -0.120. The first kappa shape index (κ1) is 8.48. The Labute approximate surface area is 73.1 Å². The summed E-state index contributed by atoms with van der Waals surface area (Å²) in [5, 5.41) is 12.3. The highest BCUT2D eigenvalue weighted by atomic mass is 16.5. The minimum atomic E-state index is 0.102. The molecule has 2 saturated heterocycles. The second-order valence-electron chi connectivity index (χ2n) is 4.10. The standard InChI is InChI=1S/C9H17NO2/c11-5-8-4-9(7-12-8)2-1-3-10-6-9/h8,10-11H,1-7H2/t8-,9-/m1/s1. The van der Waals surface area contributed by atoms with E-state index in [-0.39, 0.29) is 12.7 Å². The Kier molecular flexibility index (Phi) is 2.35. The fraction of sp³-hybridized carbons (Fsp3) is 1.00. The van der Waals surface area contributed by atoms with Gasteiger partial charge in [0.25, 0.3) is 0 Å². The highest BCUT2D eigenvalue weighted by molar-refractivity contribution is 4.91. The molecule has 2 aliphatic heterocycles. The first-order chi connectivity index (χ1) is 5.85. The third kappa shape index (κ3) is 1.49. The fourth-order valence-electron chi connectivity index (χ4n) is 2.34. The van der Waals surface area contributed by atoms with Crippen LogP contribution in [0.3, 0.4) is 0 Å². The van der Waals surface area contributed by atoms with Crippen LogP contribution in [0.4, 0.5) is 0 Å². The maximum Gasteiger partial charge on any atom is 0.0812 e. The summed E-state index contributed by atoms with van der Waals surface area (Å²) in [6.07, 6.45) is 3.65. The molecular weight excluding hydrogens is 154 g/mol. The van der Waals surface area contributed by atoms with E-state index < -0.39 is 0 Å². The van der Waals surface area contributed by atoms with Crippen molar-refractivity contribution >= 4 is 0 Å². The molecule has 2 heterocycles. The van der Waals surface area contributed by atoms with Crippen molar-refractivity contribution in [3.05, 3.63) is 0 Å². The maximum atomic E-state index is 8.93. The first-order valence-corrected chi connectivity index (χ1v) is 4.78. The number of piperidine rings is 1. The Morgan fingerprint density at radius 3 is 3.08 bits per heavy atom. The van der Waals surface area contributed by atoms with E-state index in [4.69, 9.17) is 9.84 Å². The zero-order valence-electron chi connectivity index (χ0n) is 7.38. The van der Waals surface area contributed by atoms with Gasteiger partial charge in [0.2, 0.25) is 0 Å². The molecule has 3 heteroatoms. The molecule has 0 radical (unpaired) electrons. The fourth-order valence-corrected chi connectivity index (χ4v) is 2.34. The summed E-state index contributed by atoms with van der Waals surface area (Å²) in [5.74, 6) is 0. The second kappa shape index (κ2) is 3.32. The predicted molar refractivity (Wildman–Crippen MR) is 46.0 cm³/mol. The molecule has 2 fully saturated rings. The van der Waals surface area contributed by atoms with Gasteiger partial charge in [-0.15, -0.1) is 0 Å². The lowest BCUT2D eigenvalue weighted by Gasteiger charge is -2.32. The predicted octanol–water partition coefficient (Wildman–Crippen LogP) is 0.137. The molecular formula is C9H17NO2. The van der Waals surface area contributed by atoms with Gasteiger partial charge in [0.05, 0.1) is 19.3 Å². The quantitative estimate of drug-likeness (QED) is 0.589. The number of hydrogen-bond donors (Lipinski definition) is 2. The van der Waals surface area contributed by atoms with Crippen molar-refractivity contribution in [2.75, 3.05) is 26.3 Å². The van der Waals surface area contributed by atoms with E-state index in [0.717, 1.165) is 26.1 Å². The molecule has 12 heavy (non-hydrogen) atoms. The van der Waals surface area contributed by atoms with Gasteiger partial charge in [-0.05, 0) is 25.8 Å². The molecule has 0 aromatic rings. The molecule has 0 saturated carbocycles. The lowest BCUT2D eigenvalue weighted by Crippen LogP contribution is -2.40. The van der Waals surface area contributed by atoms with Crippen LogP contribution in [0, 0.1) is 5.41 Å². The molecule has 2 aliphatic rings. The molecule has 0 bridgehead atoms. The van der Waals surface area contributed by atoms with E-state index in [0.29, 0.717) is 5.41 Å². The van der Waals surface area contributed by atoms with Gasteiger partial charge in [0, 0.05) is 12.0 Å². The Balaban J connectivity index is 1.94. The van der Waals surface area contributed by atoms with E-state index in [1.807, 2.05) is 0 Å². The van der Waals surface area contributed by atoms with Gasteiger partial charge in [-0.2, -0.15) is 0 Å². The third-order valence-electron chi connectivity index (χ3n) is 3.05. The highest BCUT2D eigenvalue weighted by Crippen LogP contribution is 2.37. The van der Waals surface area contributed by atoms with Crippen LogP contribution in [0.15, 0.2) is 0 Å². The summed E-state index contributed by atoms with van der Waals surface area (Å²) in [6.45, 7) is 3.24. The number of nitrogens with one attached hydrogen (secondary N) is 1. The van der Waals surface area contributed by atoms with Crippen molar-refractivity contribution in [2.45, 2.75) is 25.4 Å². The normalized spacial score (nSPS) is 42.2. The summed E-state index contributed by atoms with van der Waals surface area (Å²) < 4.78 is 5.51. The molecule has 2 atom stereocenters. The largest absolute Gasteiger partial charge is 0.394 e. The molecule has 0 aromatic carbocycles. The average molecular weight is 171 g/mol. The van der Waals surface area contributed by atoms with Crippen LogP contribution in [-0.4, -0.2) is 37.5 Å². The van der Waals surface area contributed by atoms with Gasteiger partial charge < -0.3 is 15.2 Å². The molecule has 2 N–H and O–H groups in total. The lowest BCUT2D eigenvalue weighted by molar-refractivity contribution is 0.0506. The van der Waals surface area contributed by atoms with E-state index in [2.05, 4.69) is 5.32 Å². The van der Waals surface area contributed by atoms with Crippen LogP contribution in [0.25, 0.3) is 0 Å². The van der Waals surface area contributed by atoms with Gasteiger partial charge in [-0.25, -0.2) is 0 Å². The van der Waals surface area contributed by atoms with Gasteiger partial charge in [0.15, 0.2) is 0 Å². The monoisotopic (exact) mass is 171 g/mol. The molecule has 70 valence electrons. The van der Waals surface area contributed by atoms with Gasteiger partial charge in [-0.3, -0.25) is 0 Å². The summed E-state index contributed by atoms with van der Waals surface area (Å²) >= 11 is 0. The number of hydrogen-bond acceptors (Lipinski definition) is 3. The van der Waals surface area contributed by atoms with Crippen molar-refractivity contribution in [2.24, 2.45) is 5.41 Å². The van der Waals surface area contributed by atoms with E-state index >= 15 is 0 Å². The van der Waals surface area contributed by atoms with Crippen LogP contribution in [0.5, 0.6) is 0 Å². The van der Waals surface area contributed by atoms with Crippen molar-refractivity contribution in [3.8, 4) is 0 Å². The van der Waals surface area contributed by atoms with Crippen molar-refractivity contribution in [3.63, 3.8) is 0 Å². The molecule has 3 nitrogen and oxygen atoms in total. The molecule has 0 aliphatic carbocycles. The number of ether oxygens (including phenoxy) is 1. The summed E-state index contributed by atoms with van der Waals surface area (Å²) in [6, 6.07) is 0. The summed E-state index contributed by atoms with van der Waals surface area (Å²) in [5.41, 5.74) is 0.353. The molecule has 0 aromatic heterocycles. The van der Waals surface area contributed by atoms with Crippen LogP contribution in [0.2, 0.25) is 0 Å². The third-order valence-corrected chi connectivity index (χ3v) is 3.05. The summed E-state index contributed by atoms with van der Waals surface area (Å²) in [7, 11) is 0. The summed E-state index contributed by atoms with van der Waals surface area (Å²) in [4.78, 5) is 0. The minimum Gasteiger partial charge on any atom is -0.394 e. The molecule has 0 unspecified atom stereocenters. The lowest BCUT2D eigenvalue weighted by atomic mass is 9.79. The van der Waals surface area contributed by atoms with Crippen LogP contribution in [-0.2, 0) is 4.74 Å². The smallest absolute Gasteiger partial charge is 0.0812 e. The topological polar surface area (TPSA) is 41.5 Å². The molecule has 1 spiro atoms. The van der Waals surface area contributed by atoms with Gasteiger partial charge in [0.1, 0.15) is 0 Å². The van der Waals surface area contributed by atoms with E-state index in [1.54, 1.807) is 0 Å². The minimum absolute atomic E-state index is 0.102. The van der Waals surface area contributed by atoms with Crippen LogP contribution in [0.1, 0.15) is 19.3 Å². The first-order valence-electron chi connectivity index (χ1n) is 4.78. The highest BCUT2D eigenvalue weighted by Gasteiger charge is 2.40. The zero-order valence-corrected chi connectivity index (χ0v) is 7.38. The maximum absolute atomic E-state index is 8.93. The van der Waals surface area contributed by atoms with Gasteiger partial charge >= 0.3 is 0 Å². The van der Waals surface area contributed by atoms with Crippen molar-refractivity contribution in [1.82, 2.24) is 5.32 Å². The molecule has 0 amide bonds. The number of rotatable bonds is 1. The zero-order chi connectivity index (χ0) is 8.44. The number of aliphatic hydroxyl groups excluding tert-OH is 1. The second-order valence-corrected chi connectivity index (χ2v) is 4.10. The van der Waals surface area contributed by atoms with Crippen molar-refractivity contribution in [1.29, 1.82) is 0 Å². The Morgan fingerprint density at radius 1 is 1.58 bits per heavy atom. The van der Waals surface area contributed by atoms with E-state index in [9.17, 15) is 0 Å². The molecule has 2 rings (SSSR count). The average Bonchev–Trinajstić information content (AvgIpc) is 2.50. The number of aliphatic hydroxyl groups is 1. The Bertz CT molecular complexity index is 155. The Morgan fingerprint density at radius 2 is 2.50 bits per heavy atom.